The van der Waals surface area contributed by atoms with E-state index in [-0.39, 0.29) is 24.8 Å². The van der Waals surface area contributed by atoms with Crippen molar-refractivity contribution in [2.75, 3.05) is 13.1 Å². The number of amides is 1. The number of fused-ring (bicyclic) bond motifs is 1. The Bertz CT molecular complexity index is 1180. The predicted molar refractivity (Wildman–Crippen MR) is 125 cm³/mol. The van der Waals surface area contributed by atoms with E-state index < -0.39 is 5.91 Å². The van der Waals surface area contributed by atoms with Crippen molar-refractivity contribution in [2.24, 2.45) is 5.73 Å². The number of imidazole rings is 1. The fourth-order valence-electron chi connectivity index (χ4n) is 3.83. The highest BCUT2D eigenvalue weighted by Crippen LogP contribution is 2.26. The number of primary amides is 1. The minimum atomic E-state index is -0.485. The second-order valence-corrected chi connectivity index (χ2v) is 7.29. The zero-order valence-corrected chi connectivity index (χ0v) is 18.2. The molecule has 1 aliphatic rings. The number of halogens is 2. The van der Waals surface area contributed by atoms with E-state index in [9.17, 15) is 4.79 Å². The third-order valence-corrected chi connectivity index (χ3v) is 5.43. The van der Waals surface area contributed by atoms with Crippen LogP contribution in [0.2, 0.25) is 0 Å². The Morgan fingerprint density at radius 2 is 1.74 bits per heavy atom. The van der Waals surface area contributed by atoms with E-state index in [1.807, 2.05) is 41.2 Å². The van der Waals surface area contributed by atoms with Gasteiger partial charge in [-0.25, -0.2) is 9.67 Å². The van der Waals surface area contributed by atoms with Gasteiger partial charge in [0, 0.05) is 11.1 Å². The zero-order chi connectivity index (χ0) is 19.8. The molecule has 4 N–H and O–H groups in total. The van der Waals surface area contributed by atoms with Gasteiger partial charge < -0.3 is 16.0 Å². The number of carbonyl (C=O) groups is 1. The van der Waals surface area contributed by atoms with Crippen LogP contribution >= 0.6 is 24.8 Å². The Morgan fingerprint density at radius 1 is 1.03 bits per heavy atom. The molecule has 0 atom stereocenters. The van der Waals surface area contributed by atoms with Crippen molar-refractivity contribution in [2.45, 2.75) is 18.9 Å². The summed E-state index contributed by atoms with van der Waals surface area (Å²) in [5, 5.41) is 12.0. The van der Waals surface area contributed by atoms with Gasteiger partial charge in [-0.3, -0.25) is 4.79 Å². The number of aromatic nitrogens is 5. The van der Waals surface area contributed by atoms with Crippen molar-refractivity contribution in [3.63, 3.8) is 0 Å². The molecule has 1 saturated heterocycles. The lowest BCUT2D eigenvalue weighted by atomic mass is 10.1. The monoisotopic (exact) mass is 459 g/mol. The number of rotatable bonds is 4. The highest BCUT2D eigenvalue weighted by Gasteiger charge is 2.17. The van der Waals surface area contributed by atoms with Gasteiger partial charge in [-0.05, 0) is 38.1 Å². The van der Waals surface area contributed by atoms with Gasteiger partial charge in [0.2, 0.25) is 0 Å². The molecule has 0 aliphatic carbocycles. The largest absolute Gasteiger partial charge is 0.366 e. The zero-order valence-electron chi connectivity index (χ0n) is 16.6. The maximum absolute atomic E-state index is 11.6. The number of carbonyl (C=O) groups excluding carboxylic acids is 1. The Kier molecular flexibility index (Phi) is 6.94. The average Bonchev–Trinajstić information content (AvgIpc) is 3.41. The van der Waals surface area contributed by atoms with Crippen LogP contribution in [-0.4, -0.2) is 44.0 Å². The van der Waals surface area contributed by atoms with Crippen LogP contribution in [-0.2, 0) is 0 Å². The molecule has 2 aromatic carbocycles. The molecule has 0 bridgehead atoms. The lowest BCUT2D eigenvalue weighted by Crippen LogP contribution is -2.29. The fraction of sp³-hybridized carbons (Fsp3) is 0.238. The first-order valence-electron chi connectivity index (χ1n) is 9.71. The molecule has 0 saturated carbocycles. The van der Waals surface area contributed by atoms with Gasteiger partial charge in [0.15, 0.2) is 0 Å². The van der Waals surface area contributed by atoms with Gasteiger partial charge in [-0.1, -0.05) is 35.5 Å². The number of H-pyrrole nitrogens is 1. The smallest absolute Gasteiger partial charge is 0.250 e. The van der Waals surface area contributed by atoms with Crippen LogP contribution < -0.4 is 11.1 Å². The first kappa shape index (κ1) is 22.7. The van der Waals surface area contributed by atoms with Gasteiger partial charge in [-0.15, -0.1) is 29.9 Å². The van der Waals surface area contributed by atoms with Crippen LogP contribution in [0.3, 0.4) is 0 Å². The maximum atomic E-state index is 11.6. The minimum absolute atomic E-state index is 0. The van der Waals surface area contributed by atoms with E-state index >= 15 is 0 Å². The number of aromatic amines is 1. The van der Waals surface area contributed by atoms with Crippen LogP contribution in [0.5, 0.6) is 0 Å². The highest BCUT2D eigenvalue weighted by atomic mass is 35.5. The number of piperidine rings is 1. The van der Waals surface area contributed by atoms with E-state index in [0.29, 0.717) is 22.9 Å². The van der Waals surface area contributed by atoms with Gasteiger partial charge in [0.1, 0.15) is 17.0 Å². The summed E-state index contributed by atoms with van der Waals surface area (Å²) in [6.45, 7) is 2.03. The summed E-state index contributed by atoms with van der Waals surface area (Å²) in [6.07, 6.45) is 4.16. The quantitative estimate of drug-likeness (QED) is 0.432. The summed E-state index contributed by atoms with van der Waals surface area (Å²) in [4.78, 5) is 19.5. The Labute approximate surface area is 191 Å². The lowest BCUT2D eigenvalue weighted by Gasteiger charge is -2.22. The third-order valence-electron chi connectivity index (χ3n) is 5.43. The minimum Gasteiger partial charge on any atom is -0.366 e. The van der Waals surface area contributed by atoms with Gasteiger partial charge in [-0.2, -0.15) is 0 Å². The molecule has 0 spiro atoms. The van der Waals surface area contributed by atoms with Crippen LogP contribution in [0.4, 0.5) is 0 Å². The van der Waals surface area contributed by atoms with Crippen molar-refractivity contribution in [3.05, 3.63) is 54.2 Å². The average molecular weight is 460 g/mol. The first-order valence-corrected chi connectivity index (χ1v) is 9.71. The van der Waals surface area contributed by atoms with Crippen molar-refractivity contribution in [1.29, 1.82) is 0 Å². The molecule has 8 nitrogen and oxygen atoms in total. The Hall–Kier alpha value is -2.94. The molecule has 1 aliphatic heterocycles. The molecule has 10 heteroatoms. The van der Waals surface area contributed by atoms with E-state index in [2.05, 4.69) is 25.6 Å². The van der Waals surface area contributed by atoms with Crippen LogP contribution in [0.15, 0.2) is 48.7 Å². The van der Waals surface area contributed by atoms with Crippen molar-refractivity contribution in [1.82, 2.24) is 30.3 Å². The molecule has 3 heterocycles. The lowest BCUT2D eigenvalue weighted by molar-refractivity contribution is 0.100. The number of hydrogen-bond acceptors (Lipinski definition) is 5. The first-order chi connectivity index (χ1) is 14.2. The van der Waals surface area contributed by atoms with Crippen molar-refractivity contribution >= 4 is 41.8 Å². The standard InChI is InChI=1S/C21H21N7O.2ClH/c22-20(29)16-2-1-3-17-19(16)25-21(24-17)14-6-4-13(5-7-14)18-12-28(27-26-18)15-8-10-23-11-9-15;;/h1-7,12,15,23H,8-11H2,(H2,22,29)(H,24,25);2*1H. The third kappa shape index (κ3) is 4.41. The summed E-state index contributed by atoms with van der Waals surface area (Å²) in [5.74, 6) is 0.208. The van der Waals surface area contributed by atoms with E-state index in [1.165, 1.54) is 0 Å². The maximum Gasteiger partial charge on any atom is 0.250 e. The molecule has 0 unspecified atom stereocenters. The summed E-state index contributed by atoms with van der Waals surface area (Å²) in [7, 11) is 0. The molecule has 5 rings (SSSR count). The van der Waals surface area contributed by atoms with Gasteiger partial charge >= 0.3 is 0 Å². The molecule has 4 aromatic rings. The summed E-state index contributed by atoms with van der Waals surface area (Å²) >= 11 is 0. The molecular weight excluding hydrogens is 437 g/mol. The molecule has 0 radical (unpaired) electrons. The number of nitrogens with one attached hydrogen (secondary N) is 2. The van der Waals surface area contributed by atoms with Gasteiger partial charge in [0.25, 0.3) is 5.91 Å². The van der Waals surface area contributed by atoms with Crippen LogP contribution in [0.1, 0.15) is 29.2 Å². The van der Waals surface area contributed by atoms with E-state index in [1.54, 1.807) is 12.1 Å². The second-order valence-electron chi connectivity index (χ2n) is 7.29. The number of nitrogens with zero attached hydrogens (tertiary/aromatic N) is 4. The Morgan fingerprint density at radius 3 is 2.45 bits per heavy atom. The van der Waals surface area contributed by atoms with Gasteiger partial charge in [0.05, 0.1) is 23.3 Å². The number of para-hydroxylation sites is 1. The molecule has 1 fully saturated rings. The second kappa shape index (κ2) is 9.47. The van der Waals surface area contributed by atoms with Crippen LogP contribution in [0.25, 0.3) is 33.7 Å². The number of benzene rings is 2. The SMILES string of the molecule is Cl.Cl.NC(=O)c1cccc2[nH]c(-c3ccc(-c4cn(C5CCNCC5)nn4)cc3)nc12. The molecule has 1 amide bonds. The predicted octanol–water partition coefficient (Wildman–Crippen LogP) is 3.36. The molecule has 31 heavy (non-hydrogen) atoms. The molecule has 162 valence electrons. The number of nitrogens with two attached hydrogens (primary N) is 1. The summed E-state index contributed by atoms with van der Waals surface area (Å²) in [6, 6.07) is 13.8. The topological polar surface area (TPSA) is 115 Å². The van der Waals surface area contributed by atoms with E-state index in [4.69, 9.17) is 5.73 Å². The van der Waals surface area contributed by atoms with Crippen molar-refractivity contribution in [3.8, 4) is 22.6 Å². The van der Waals surface area contributed by atoms with E-state index in [0.717, 1.165) is 48.3 Å². The molecular formula is C21H23Cl2N7O. The molecule has 2 aromatic heterocycles. The van der Waals surface area contributed by atoms with Crippen LogP contribution in [0, 0.1) is 0 Å². The summed E-state index contributed by atoms with van der Waals surface area (Å²) in [5.41, 5.74) is 10.0. The Balaban J connectivity index is 0.00000136. The highest BCUT2D eigenvalue weighted by molar-refractivity contribution is 6.04. The summed E-state index contributed by atoms with van der Waals surface area (Å²) < 4.78 is 1.98. The fourth-order valence-corrected chi connectivity index (χ4v) is 3.83. The number of hydrogen-bond donors (Lipinski definition) is 3. The van der Waals surface area contributed by atoms with Crippen molar-refractivity contribution < 1.29 is 4.79 Å². The normalized spacial score (nSPS) is 14.1.